The van der Waals surface area contributed by atoms with Gasteiger partial charge in [0.2, 0.25) is 5.91 Å². The topological polar surface area (TPSA) is 74.6 Å². The number of anilines is 2. The van der Waals surface area contributed by atoms with Crippen LogP contribution in [0.5, 0.6) is 0 Å². The van der Waals surface area contributed by atoms with E-state index >= 15 is 0 Å². The smallest absolute Gasteiger partial charge is 0.353 e. The minimum absolute atomic E-state index is 0.0492. The van der Waals surface area contributed by atoms with Crippen molar-refractivity contribution in [2.24, 2.45) is 0 Å². The van der Waals surface area contributed by atoms with E-state index in [1.165, 1.54) is 17.0 Å². The Morgan fingerprint density at radius 1 is 1.06 bits per heavy atom. The van der Waals surface area contributed by atoms with Gasteiger partial charge in [0.25, 0.3) is 5.91 Å². The summed E-state index contributed by atoms with van der Waals surface area (Å²) in [6, 6.07) is 8.16. The standard InChI is InChI=1S/C25H25F3N6O2/c1-16-15-33(20-5-3-19(4-6-20)25(26,27)28)24(36)23-21(14-30-34(16)23)18-7-8-29-22(13-18)32-11-9-31(10-12-32)17(2)35/h3-8,13-14,16H,9-12,15H2,1-2H3. The number of benzene rings is 1. The molecular formula is C25H25F3N6O2. The van der Waals surface area contributed by atoms with E-state index in [0.29, 0.717) is 49.7 Å². The molecule has 8 nitrogen and oxygen atoms in total. The van der Waals surface area contributed by atoms with E-state index in [-0.39, 0.29) is 17.9 Å². The van der Waals surface area contributed by atoms with Gasteiger partial charge in [-0.25, -0.2) is 4.98 Å². The number of rotatable bonds is 3. The molecule has 2 amide bonds. The maximum Gasteiger partial charge on any atom is 0.416 e. The average Bonchev–Trinajstić information content (AvgIpc) is 3.32. The highest BCUT2D eigenvalue weighted by Gasteiger charge is 2.35. The number of halogens is 3. The highest BCUT2D eigenvalue weighted by molar-refractivity contribution is 6.09. The lowest BCUT2D eigenvalue weighted by Crippen LogP contribution is -2.48. The van der Waals surface area contributed by atoms with Crippen LogP contribution in [0.2, 0.25) is 0 Å². The summed E-state index contributed by atoms with van der Waals surface area (Å²) in [6.45, 7) is 6.30. The summed E-state index contributed by atoms with van der Waals surface area (Å²) in [5.74, 6) is 0.466. The van der Waals surface area contributed by atoms with Crippen molar-refractivity contribution in [2.45, 2.75) is 26.1 Å². The predicted molar refractivity (Wildman–Crippen MR) is 128 cm³/mol. The maximum atomic E-state index is 13.6. The van der Waals surface area contributed by atoms with Crippen LogP contribution in [0.25, 0.3) is 11.1 Å². The minimum atomic E-state index is -4.44. The van der Waals surface area contributed by atoms with Crippen molar-refractivity contribution in [1.29, 1.82) is 0 Å². The average molecular weight is 499 g/mol. The first-order valence-corrected chi connectivity index (χ1v) is 11.7. The normalized spacial score (nSPS) is 18.4. The fraction of sp³-hybridized carbons (Fsp3) is 0.360. The zero-order valence-corrected chi connectivity index (χ0v) is 19.9. The largest absolute Gasteiger partial charge is 0.416 e. The predicted octanol–water partition coefficient (Wildman–Crippen LogP) is 3.85. The van der Waals surface area contributed by atoms with Crippen molar-refractivity contribution in [3.05, 3.63) is 60.0 Å². The van der Waals surface area contributed by atoms with Crippen LogP contribution in [0.4, 0.5) is 24.7 Å². The van der Waals surface area contributed by atoms with Crippen LogP contribution in [-0.4, -0.2) is 64.2 Å². The van der Waals surface area contributed by atoms with Crippen LogP contribution in [0.3, 0.4) is 0 Å². The molecule has 2 aromatic heterocycles. The van der Waals surface area contributed by atoms with Gasteiger partial charge >= 0.3 is 6.18 Å². The Hall–Kier alpha value is -3.89. The molecule has 0 radical (unpaired) electrons. The molecule has 0 N–H and O–H groups in total. The molecule has 1 aromatic carbocycles. The molecule has 188 valence electrons. The third-order valence-electron chi connectivity index (χ3n) is 6.72. The molecule has 36 heavy (non-hydrogen) atoms. The number of nitrogens with zero attached hydrogens (tertiary/aromatic N) is 6. The molecule has 2 aliphatic rings. The third-order valence-corrected chi connectivity index (χ3v) is 6.72. The first-order valence-electron chi connectivity index (χ1n) is 11.7. The zero-order chi connectivity index (χ0) is 25.6. The van der Waals surface area contributed by atoms with Crippen molar-refractivity contribution < 1.29 is 22.8 Å². The monoisotopic (exact) mass is 498 g/mol. The number of alkyl halides is 3. The molecule has 1 unspecified atom stereocenters. The second kappa shape index (κ2) is 8.96. The number of pyridine rings is 1. The van der Waals surface area contributed by atoms with Gasteiger partial charge in [0, 0.05) is 57.1 Å². The Kier molecular flexibility index (Phi) is 5.93. The van der Waals surface area contributed by atoms with E-state index in [1.54, 1.807) is 28.9 Å². The highest BCUT2D eigenvalue weighted by atomic mass is 19.4. The number of aromatic nitrogens is 3. The van der Waals surface area contributed by atoms with Crippen molar-refractivity contribution in [1.82, 2.24) is 19.7 Å². The van der Waals surface area contributed by atoms with Gasteiger partial charge in [-0.05, 0) is 48.9 Å². The van der Waals surface area contributed by atoms with Crippen molar-refractivity contribution in [2.75, 3.05) is 42.5 Å². The third kappa shape index (κ3) is 4.29. The van der Waals surface area contributed by atoms with Crippen LogP contribution in [0.15, 0.2) is 48.8 Å². The second-order valence-corrected chi connectivity index (χ2v) is 9.06. The molecule has 0 spiro atoms. The summed E-state index contributed by atoms with van der Waals surface area (Å²) in [5, 5.41) is 4.45. The minimum Gasteiger partial charge on any atom is -0.353 e. The van der Waals surface area contributed by atoms with Crippen LogP contribution in [-0.2, 0) is 11.0 Å². The highest BCUT2D eigenvalue weighted by Crippen LogP contribution is 2.35. The van der Waals surface area contributed by atoms with Crippen LogP contribution >= 0.6 is 0 Å². The van der Waals surface area contributed by atoms with E-state index in [4.69, 9.17) is 0 Å². The molecular weight excluding hydrogens is 473 g/mol. The maximum absolute atomic E-state index is 13.6. The SMILES string of the molecule is CC(=O)N1CCN(c2cc(-c3cnn4c3C(=O)N(c3ccc(C(F)(F)F)cc3)CC4C)ccn2)CC1. The van der Waals surface area contributed by atoms with Gasteiger partial charge in [0.15, 0.2) is 0 Å². The van der Waals surface area contributed by atoms with Gasteiger partial charge < -0.3 is 14.7 Å². The van der Waals surface area contributed by atoms with Crippen molar-refractivity contribution >= 4 is 23.3 Å². The number of carbonyl (C=O) groups is 2. The second-order valence-electron chi connectivity index (χ2n) is 9.06. The van der Waals surface area contributed by atoms with Crippen molar-refractivity contribution in [3.63, 3.8) is 0 Å². The van der Waals surface area contributed by atoms with Gasteiger partial charge in [-0.3, -0.25) is 14.3 Å². The number of fused-ring (bicyclic) bond motifs is 1. The van der Waals surface area contributed by atoms with Gasteiger partial charge in [-0.15, -0.1) is 0 Å². The molecule has 1 fully saturated rings. The molecule has 4 heterocycles. The van der Waals surface area contributed by atoms with Crippen LogP contribution in [0, 0.1) is 0 Å². The van der Waals surface area contributed by atoms with E-state index in [1.807, 2.05) is 19.1 Å². The summed E-state index contributed by atoms with van der Waals surface area (Å²) in [4.78, 5) is 35.1. The van der Waals surface area contributed by atoms with Gasteiger partial charge in [-0.1, -0.05) is 0 Å². The summed E-state index contributed by atoms with van der Waals surface area (Å²) in [7, 11) is 0. The lowest BCUT2D eigenvalue weighted by Gasteiger charge is -2.35. The molecule has 2 aliphatic heterocycles. The first-order chi connectivity index (χ1) is 17.1. The molecule has 0 bridgehead atoms. The quantitative estimate of drug-likeness (QED) is 0.549. The lowest BCUT2D eigenvalue weighted by atomic mass is 10.0. The van der Waals surface area contributed by atoms with Crippen molar-refractivity contribution in [3.8, 4) is 11.1 Å². The number of hydrogen-bond donors (Lipinski definition) is 0. The Morgan fingerprint density at radius 2 is 1.75 bits per heavy atom. The van der Waals surface area contributed by atoms with Gasteiger partial charge in [-0.2, -0.15) is 18.3 Å². The molecule has 1 saturated heterocycles. The summed E-state index contributed by atoms with van der Waals surface area (Å²) < 4.78 is 40.7. The molecule has 5 rings (SSSR count). The lowest BCUT2D eigenvalue weighted by molar-refractivity contribution is -0.137. The number of piperazine rings is 1. The van der Waals surface area contributed by atoms with Crippen LogP contribution < -0.4 is 9.80 Å². The summed E-state index contributed by atoms with van der Waals surface area (Å²) >= 11 is 0. The van der Waals surface area contributed by atoms with Gasteiger partial charge in [0.05, 0.1) is 17.8 Å². The molecule has 1 atom stereocenters. The number of carbonyl (C=O) groups excluding carboxylic acids is 2. The number of amides is 2. The Labute approximate surface area is 205 Å². The van der Waals surface area contributed by atoms with E-state index in [0.717, 1.165) is 23.5 Å². The molecule has 0 saturated carbocycles. The zero-order valence-electron chi connectivity index (χ0n) is 19.9. The molecule has 3 aromatic rings. The van der Waals surface area contributed by atoms with E-state index in [9.17, 15) is 22.8 Å². The van der Waals surface area contributed by atoms with Gasteiger partial charge in [0.1, 0.15) is 11.5 Å². The number of hydrogen-bond acceptors (Lipinski definition) is 5. The Balaban J connectivity index is 1.44. The Morgan fingerprint density at radius 3 is 2.39 bits per heavy atom. The summed E-state index contributed by atoms with van der Waals surface area (Å²) in [6.07, 6.45) is -1.12. The van der Waals surface area contributed by atoms with E-state index in [2.05, 4.69) is 15.0 Å². The fourth-order valence-corrected chi connectivity index (χ4v) is 4.74. The Bertz CT molecular complexity index is 1300. The van der Waals surface area contributed by atoms with Crippen LogP contribution in [0.1, 0.15) is 35.9 Å². The molecule has 11 heteroatoms. The first kappa shape index (κ1) is 23.8. The van der Waals surface area contributed by atoms with E-state index < -0.39 is 11.7 Å². The summed E-state index contributed by atoms with van der Waals surface area (Å²) in [5.41, 5.74) is 1.42. The molecule has 0 aliphatic carbocycles. The fourth-order valence-electron chi connectivity index (χ4n) is 4.74.